The Morgan fingerprint density at radius 2 is 2.33 bits per heavy atom. The number of ether oxygens (including phenoxy) is 1. The zero-order valence-electron chi connectivity index (χ0n) is 8.52. The number of hydrogen-bond donors (Lipinski definition) is 3. The predicted molar refractivity (Wildman–Crippen MR) is 58.9 cm³/mol. The highest BCUT2D eigenvalue weighted by atomic mass is 16.5. The van der Waals surface area contributed by atoms with Gasteiger partial charge in [0.15, 0.2) is 0 Å². The molecule has 2 rings (SSSR count). The maximum absolute atomic E-state index is 9.31. The lowest BCUT2D eigenvalue weighted by Crippen LogP contribution is -2.47. The SMILES string of the molecule is NC1COCCC1Nc1cccc(O)c1. The zero-order valence-corrected chi connectivity index (χ0v) is 8.52. The van der Waals surface area contributed by atoms with Gasteiger partial charge in [0.1, 0.15) is 5.75 Å². The molecule has 4 heteroatoms. The monoisotopic (exact) mass is 208 g/mol. The number of benzene rings is 1. The molecule has 0 saturated carbocycles. The van der Waals surface area contributed by atoms with E-state index in [9.17, 15) is 5.11 Å². The summed E-state index contributed by atoms with van der Waals surface area (Å²) in [5.74, 6) is 0.264. The highest BCUT2D eigenvalue weighted by Crippen LogP contribution is 2.18. The van der Waals surface area contributed by atoms with Crippen molar-refractivity contribution in [2.45, 2.75) is 18.5 Å². The molecule has 0 amide bonds. The fraction of sp³-hybridized carbons (Fsp3) is 0.455. The molecule has 1 aliphatic heterocycles. The molecule has 1 fully saturated rings. The van der Waals surface area contributed by atoms with E-state index in [0.717, 1.165) is 18.7 Å². The molecule has 1 aromatic carbocycles. The minimum atomic E-state index is 0.0149. The van der Waals surface area contributed by atoms with Crippen LogP contribution in [0.5, 0.6) is 5.75 Å². The molecule has 1 saturated heterocycles. The summed E-state index contributed by atoms with van der Waals surface area (Å²) < 4.78 is 5.26. The third kappa shape index (κ3) is 2.61. The number of nitrogens with two attached hydrogens (primary N) is 1. The van der Waals surface area contributed by atoms with Gasteiger partial charge in [-0.05, 0) is 18.6 Å². The molecular weight excluding hydrogens is 192 g/mol. The van der Waals surface area contributed by atoms with Gasteiger partial charge in [0.2, 0.25) is 0 Å². The number of phenolic OH excluding ortho intramolecular Hbond substituents is 1. The molecule has 0 aliphatic carbocycles. The van der Waals surface area contributed by atoms with Crippen LogP contribution >= 0.6 is 0 Å². The van der Waals surface area contributed by atoms with E-state index in [1.807, 2.05) is 12.1 Å². The first-order valence-corrected chi connectivity index (χ1v) is 5.14. The molecule has 0 bridgehead atoms. The number of anilines is 1. The van der Waals surface area contributed by atoms with E-state index in [2.05, 4.69) is 5.32 Å². The summed E-state index contributed by atoms with van der Waals surface area (Å²) in [6, 6.07) is 7.31. The Hall–Kier alpha value is -1.26. The molecule has 1 aromatic rings. The van der Waals surface area contributed by atoms with Crippen LogP contribution in [-0.4, -0.2) is 30.4 Å². The van der Waals surface area contributed by atoms with Crippen molar-refractivity contribution < 1.29 is 9.84 Å². The van der Waals surface area contributed by atoms with Crippen LogP contribution in [0.2, 0.25) is 0 Å². The quantitative estimate of drug-likeness (QED) is 0.676. The fourth-order valence-corrected chi connectivity index (χ4v) is 1.75. The van der Waals surface area contributed by atoms with Crippen molar-refractivity contribution in [3.05, 3.63) is 24.3 Å². The zero-order chi connectivity index (χ0) is 10.7. The predicted octanol–water partition coefficient (Wildman–Crippen LogP) is 0.920. The summed E-state index contributed by atoms with van der Waals surface area (Å²) in [4.78, 5) is 0. The van der Waals surface area contributed by atoms with E-state index in [1.165, 1.54) is 0 Å². The number of phenols is 1. The van der Waals surface area contributed by atoms with E-state index < -0.39 is 0 Å². The Morgan fingerprint density at radius 1 is 1.47 bits per heavy atom. The second-order valence-corrected chi connectivity index (χ2v) is 3.83. The molecule has 4 nitrogen and oxygen atoms in total. The number of hydrogen-bond acceptors (Lipinski definition) is 4. The van der Waals surface area contributed by atoms with Gasteiger partial charge >= 0.3 is 0 Å². The van der Waals surface area contributed by atoms with Gasteiger partial charge in [0.05, 0.1) is 6.61 Å². The van der Waals surface area contributed by atoms with E-state index in [-0.39, 0.29) is 17.8 Å². The second kappa shape index (κ2) is 4.51. The van der Waals surface area contributed by atoms with Crippen molar-refractivity contribution in [3.63, 3.8) is 0 Å². The molecule has 82 valence electrons. The Morgan fingerprint density at radius 3 is 3.07 bits per heavy atom. The summed E-state index contributed by atoms with van der Waals surface area (Å²) in [5, 5.41) is 12.6. The van der Waals surface area contributed by atoms with Crippen molar-refractivity contribution in [1.82, 2.24) is 0 Å². The van der Waals surface area contributed by atoms with E-state index in [4.69, 9.17) is 10.5 Å². The molecule has 4 N–H and O–H groups in total. The third-order valence-corrected chi connectivity index (χ3v) is 2.60. The molecule has 2 unspecified atom stereocenters. The van der Waals surface area contributed by atoms with Crippen LogP contribution in [0.4, 0.5) is 5.69 Å². The lowest BCUT2D eigenvalue weighted by Gasteiger charge is -2.30. The van der Waals surface area contributed by atoms with Gasteiger partial charge in [-0.3, -0.25) is 0 Å². The average Bonchev–Trinajstić information content (AvgIpc) is 2.22. The summed E-state index contributed by atoms with van der Waals surface area (Å²) in [5.41, 5.74) is 6.82. The minimum Gasteiger partial charge on any atom is -0.508 e. The first-order chi connectivity index (χ1) is 7.25. The summed E-state index contributed by atoms with van der Waals surface area (Å²) >= 11 is 0. The maximum Gasteiger partial charge on any atom is 0.117 e. The van der Waals surface area contributed by atoms with Crippen LogP contribution in [0.1, 0.15) is 6.42 Å². The summed E-state index contributed by atoms with van der Waals surface area (Å²) in [7, 11) is 0. The van der Waals surface area contributed by atoms with Crippen LogP contribution < -0.4 is 11.1 Å². The Balaban J connectivity index is 2.01. The van der Waals surface area contributed by atoms with E-state index >= 15 is 0 Å². The molecular formula is C11H16N2O2. The molecule has 0 radical (unpaired) electrons. The lowest BCUT2D eigenvalue weighted by atomic mass is 10.0. The van der Waals surface area contributed by atoms with Crippen molar-refractivity contribution in [3.8, 4) is 5.75 Å². The molecule has 1 heterocycles. The van der Waals surface area contributed by atoms with Gasteiger partial charge < -0.3 is 20.9 Å². The normalized spacial score (nSPS) is 26.2. The van der Waals surface area contributed by atoms with Crippen LogP contribution in [-0.2, 0) is 4.74 Å². The first-order valence-electron chi connectivity index (χ1n) is 5.14. The second-order valence-electron chi connectivity index (χ2n) is 3.83. The lowest BCUT2D eigenvalue weighted by molar-refractivity contribution is 0.0752. The van der Waals surface area contributed by atoms with Crippen molar-refractivity contribution in [2.75, 3.05) is 18.5 Å². The maximum atomic E-state index is 9.31. The Bertz CT molecular complexity index is 330. The van der Waals surface area contributed by atoms with Gasteiger partial charge in [-0.1, -0.05) is 6.07 Å². The fourth-order valence-electron chi connectivity index (χ4n) is 1.75. The number of nitrogens with one attached hydrogen (secondary N) is 1. The highest BCUT2D eigenvalue weighted by molar-refractivity contribution is 5.48. The Kier molecular flexibility index (Phi) is 3.08. The van der Waals surface area contributed by atoms with Crippen LogP contribution in [0.3, 0.4) is 0 Å². The summed E-state index contributed by atoms with van der Waals surface area (Å²) in [6.45, 7) is 1.33. The first kappa shape index (κ1) is 10.3. The molecule has 0 aromatic heterocycles. The molecule has 2 atom stereocenters. The number of aromatic hydroxyl groups is 1. The topological polar surface area (TPSA) is 67.5 Å². The smallest absolute Gasteiger partial charge is 0.117 e. The minimum absolute atomic E-state index is 0.0149. The van der Waals surface area contributed by atoms with Gasteiger partial charge in [-0.25, -0.2) is 0 Å². The molecule has 15 heavy (non-hydrogen) atoms. The van der Waals surface area contributed by atoms with Gasteiger partial charge in [-0.15, -0.1) is 0 Å². The number of rotatable bonds is 2. The highest BCUT2D eigenvalue weighted by Gasteiger charge is 2.21. The van der Waals surface area contributed by atoms with Gasteiger partial charge in [0, 0.05) is 30.4 Å². The van der Waals surface area contributed by atoms with E-state index in [0.29, 0.717) is 6.61 Å². The largest absolute Gasteiger partial charge is 0.508 e. The molecule has 1 aliphatic rings. The summed E-state index contributed by atoms with van der Waals surface area (Å²) in [6.07, 6.45) is 0.900. The van der Waals surface area contributed by atoms with Crippen LogP contribution in [0.25, 0.3) is 0 Å². The standard InChI is InChI=1S/C11H16N2O2/c12-10-7-15-5-4-11(10)13-8-2-1-3-9(14)6-8/h1-3,6,10-11,13-14H,4-5,7,12H2. The van der Waals surface area contributed by atoms with Gasteiger partial charge in [-0.2, -0.15) is 0 Å². The Labute approximate surface area is 89.0 Å². The van der Waals surface area contributed by atoms with Gasteiger partial charge in [0.25, 0.3) is 0 Å². The van der Waals surface area contributed by atoms with Crippen molar-refractivity contribution in [2.24, 2.45) is 5.73 Å². The average molecular weight is 208 g/mol. The van der Waals surface area contributed by atoms with Crippen molar-refractivity contribution in [1.29, 1.82) is 0 Å². The molecule has 0 spiro atoms. The third-order valence-electron chi connectivity index (χ3n) is 2.60. The van der Waals surface area contributed by atoms with Crippen molar-refractivity contribution >= 4 is 5.69 Å². The van der Waals surface area contributed by atoms with Crippen LogP contribution in [0.15, 0.2) is 24.3 Å². The van der Waals surface area contributed by atoms with E-state index in [1.54, 1.807) is 12.1 Å². The van der Waals surface area contributed by atoms with Crippen LogP contribution in [0, 0.1) is 0 Å².